The van der Waals surface area contributed by atoms with Crippen LogP contribution in [-0.4, -0.2) is 33.4 Å². The Balaban J connectivity index is 1.91. The Morgan fingerprint density at radius 1 is 1.57 bits per heavy atom. The van der Waals surface area contributed by atoms with E-state index in [1.165, 1.54) is 18.6 Å². The van der Waals surface area contributed by atoms with Crippen molar-refractivity contribution in [1.29, 1.82) is 0 Å². The van der Waals surface area contributed by atoms with Crippen LogP contribution in [0.15, 0.2) is 27.5 Å². The Morgan fingerprint density at radius 3 is 3.00 bits per heavy atom. The molecule has 1 amide bonds. The van der Waals surface area contributed by atoms with Crippen molar-refractivity contribution in [3.63, 3.8) is 0 Å². The molecule has 1 aliphatic heterocycles. The second-order valence-electron chi connectivity index (χ2n) is 4.92. The van der Waals surface area contributed by atoms with E-state index in [0.717, 1.165) is 4.90 Å². The van der Waals surface area contributed by atoms with Gasteiger partial charge in [0.1, 0.15) is 12.3 Å². The van der Waals surface area contributed by atoms with Gasteiger partial charge >= 0.3 is 0 Å². The van der Waals surface area contributed by atoms with Gasteiger partial charge in [0, 0.05) is 12.8 Å². The first-order valence-electron chi connectivity index (χ1n) is 6.53. The lowest BCUT2D eigenvalue weighted by Crippen LogP contribution is -2.32. The second kappa shape index (κ2) is 4.94. The highest BCUT2D eigenvalue weighted by Gasteiger charge is 2.50. The number of carbonyl (C=O) groups excluding carboxylic acids is 1. The third kappa shape index (κ3) is 2.53. The normalized spacial score (nSPS) is 20.9. The molecule has 0 bridgehead atoms. The molecule has 0 aromatic carbocycles. The maximum atomic E-state index is 13.7. The predicted octanol–water partition coefficient (Wildman–Crippen LogP) is 2.45. The molecule has 1 fully saturated rings. The quantitative estimate of drug-likeness (QED) is 0.870. The van der Waals surface area contributed by atoms with E-state index in [-0.39, 0.29) is 11.5 Å². The summed E-state index contributed by atoms with van der Waals surface area (Å²) in [7, 11) is 0. The number of hydrogen-bond acceptors (Lipinski definition) is 5. The number of alkyl halides is 2. The molecule has 0 saturated carbocycles. The average molecular weight is 297 g/mol. The first-order valence-corrected chi connectivity index (χ1v) is 6.53. The molecule has 0 aliphatic carbocycles. The third-order valence-electron chi connectivity index (χ3n) is 3.38. The molecule has 0 N–H and O–H groups in total. The summed E-state index contributed by atoms with van der Waals surface area (Å²) >= 11 is 0. The molecular weight excluding hydrogens is 284 g/mol. The molecule has 21 heavy (non-hydrogen) atoms. The number of nitrogens with zero attached hydrogens (tertiary/aromatic N) is 3. The maximum Gasteiger partial charge on any atom is 0.267 e. The summed E-state index contributed by atoms with van der Waals surface area (Å²) in [6, 6.07) is 0.511. The highest BCUT2D eigenvalue weighted by atomic mass is 19.3. The van der Waals surface area contributed by atoms with Gasteiger partial charge in [0.15, 0.2) is 5.82 Å². The van der Waals surface area contributed by atoms with Crippen LogP contribution < -0.4 is 0 Å². The summed E-state index contributed by atoms with van der Waals surface area (Å²) < 4.78 is 37.3. The van der Waals surface area contributed by atoms with E-state index >= 15 is 0 Å². The minimum atomic E-state index is -2.98. The Morgan fingerprint density at radius 2 is 2.38 bits per heavy atom. The Bertz CT molecular complexity index is 639. The zero-order valence-corrected chi connectivity index (χ0v) is 11.3. The molecule has 0 spiro atoms. The molecule has 0 radical (unpaired) electrons. The minimum absolute atomic E-state index is 0.0425. The van der Waals surface area contributed by atoms with Crippen molar-refractivity contribution in [3.8, 4) is 0 Å². The number of aromatic nitrogens is 2. The van der Waals surface area contributed by atoms with Crippen molar-refractivity contribution in [2.24, 2.45) is 0 Å². The van der Waals surface area contributed by atoms with Gasteiger partial charge in [0.05, 0.1) is 18.4 Å². The molecular formula is C13H13F2N3O3. The Labute approximate surface area is 118 Å². The van der Waals surface area contributed by atoms with Crippen molar-refractivity contribution in [1.82, 2.24) is 15.0 Å². The number of furan rings is 1. The van der Waals surface area contributed by atoms with Crippen molar-refractivity contribution in [2.75, 3.05) is 6.54 Å². The van der Waals surface area contributed by atoms with Crippen molar-refractivity contribution in [3.05, 3.63) is 35.9 Å². The number of halogens is 2. The highest BCUT2D eigenvalue weighted by molar-refractivity contribution is 5.94. The fourth-order valence-electron chi connectivity index (χ4n) is 2.35. The summed E-state index contributed by atoms with van der Waals surface area (Å²) in [5, 5.41) is 3.70. The van der Waals surface area contributed by atoms with Crippen LogP contribution in [0.4, 0.5) is 8.78 Å². The lowest BCUT2D eigenvalue weighted by Gasteiger charge is -2.20. The fraction of sp³-hybridized carbons (Fsp3) is 0.462. The van der Waals surface area contributed by atoms with Crippen LogP contribution >= 0.6 is 0 Å². The summed E-state index contributed by atoms with van der Waals surface area (Å²) in [6.45, 7) is 1.15. The molecule has 1 aliphatic rings. The number of hydrogen-bond donors (Lipinski definition) is 0. The molecule has 112 valence electrons. The van der Waals surface area contributed by atoms with E-state index < -0.39 is 30.8 Å². The van der Waals surface area contributed by atoms with Crippen molar-refractivity contribution in [2.45, 2.75) is 31.7 Å². The van der Waals surface area contributed by atoms with Gasteiger partial charge in [0.25, 0.3) is 11.8 Å². The van der Waals surface area contributed by atoms with Gasteiger partial charge in [-0.15, -0.1) is 0 Å². The average Bonchev–Trinajstić information content (AvgIpc) is 3.16. The molecule has 8 heteroatoms. The second-order valence-corrected chi connectivity index (χ2v) is 4.92. The van der Waals surface area contributed by atoms with Crippen molar-refractivity contribution < 1.29 is 22.5 Å². The number of likely N-dealkylation sites (tertiary alicyclic amines) is 1. The standard InChI is InChI=1S/C13H13F2N3O3/c1-2-10-16-11(21-17-10)9-5-13(14,15)7-18(9)12(19)8-3-4-20-6-8/h3-4,6,9H,2,5,7H2,1H3/t9-/m0/s1. The summed E-state index contributed by atoms with van der Waals surface area (Å²) in [5.74, 6) is -3.05. The molecule has 2 aromatic heterocycles. The van der Waals surface area contributed by atoms with Crippen LogP contribution in [-0.2, 0) is 6.42 Å². The van der Waals surface area contributed by atoms with Gasteiger partial charge in [-0.25, -0.2) is 8.78 Å². The topological polar surface area (TPSA) is 72.4 Å². The summed E-state index contributed by atoms with van der Waals surface area (Å²) in [4.78, 5) is 17.4. The van der Waals surface area contributed by atoms with Crippen LogP contribution in [0, 0.1) is 0 Å². The number of aryl methyl sites for hydroxylation is 1. The fourth-order valence-corrected chi connectivity index (χ4v) is 2.35. The van der Waals surface area contributed by atoms with Crippen LogP contribution in [0.5, 0.6) is 0 Å². The first-order chi connectivity index (χ1) is 10.00. The minimum Gasteiger partial charge on any atom is -0.472 e. The van der Waals surface area contributed by atoms with Gasteiger partial charge in [-0.05, 0) is 6.07 Å². The lowest BCUT2D eigenvalue weighted by atomic mass is 10.2. The van der Waals surface area contributed by atoms with Gasteiger partial charge in [-0.3, -0.25) is 4.79 Å². The smallest absolute Gasteiger partial charge is 0.267 e. The molecule has 3 heterocycles. The van der Waals surface area contributed by atoms with E-state index in [1.54, 1.807) is 0 Å². The monoisotopic (exact) mass is 297 g/mol. The molecule has 2 aromatic rings. The van der Waals surface area contributed by atoms with Gasteiger partial charge < -0.3 is 13.8 Å². The van der Waals surface area contributed by atoms with E-state index in [1.807, 2.05) is 6.92 Å². The zero-order chi connectivity index (χ0) is 15.0. The largest absolute Gasteiger partial charge is 0.472 e. The maximum absolute atomic E-state index is 13.7. The van der Waals surface area contributed by atoms with Gasteiger partial charge in [-0.2, -0.15) is 4.98 Å². The van der Waals surface area contributed by atoms with Crippen LogP contribution in [0.25, 0.3) is 0 Å². The van der Waals surface area contributed by atoms with Crippen LogP contribution in [0.1, 0.15) is 41.5 Å². The van der Waals surface area contributed by atoms with Crippen molar-refractivity contribution >= 4 is 5.91 Å². The predicted molar refractivity (Wildman–Crippen MR) is 65.7 cm³/mol. The number of amides is 1. The zero-order valence-electron chi connectivity index (χ0n) is 11.3. The summed E-state index contributed by atoms with van der Waals surface area (Å²) in [5.41, 5.74) is 0.216. The van der Waals surface area contributed by atoms with Gasteiger partial charge in [-0.1, -0.05) is 12.1 Å². The molecule has 1 atom stereocenters. The van der Waals surface area contributed by atoms with Crippen LogP contribution in [0.3, 0.4) is 0 Å². The molecule has 0 unspecified atom stereocenters. The van der Waals surface area contributed by atoms with E-state index in [9.17, 15) is 13.6 Å². The lowest BCUT2D eigenvalue weighted by molar-refractivity contribution is 0.0117. The SMILES string of the molecule is CCc1noc([C@@H]2CC(F)(F)CN2C(=O)c2ccoc2)n1. The summed E-state index contributed by atoms with van der Waals surface area (Å²) in [6.07, 6.45) is 2.55. The van der Waals surface area contributed by atoms with Crippen LogP contribution in [0.2, 0.25) is 0 Å². The highest BCUT2D eigenvalue weighted by Crippen LogP contribution is 2.41. The Kier molecular flexibility index (Phi) is 3.23. The van der Waals surface area contributed by atoms with Gasteiger partial charge in [0.2, 0.25) is 5.89 Å². The number of carbonyl (C=O) groups is 1. The third-order valence-corrected chi connectivity index (χ3v) is 3.38. The van der Waals surface area contributed by atoms with E-state index in [4.69, 9.17) is 8.94 Å². The molecule has 1 saturated heterocycles. The Hall–Kier alpha value is -2.25. The van der Waals surface area contributed by atoms with E-state index in [0.29, 0.717) is 12.2 Å². The molecule has 3 rings (SSSR count). The van der Waals surface area contributed by atoms with E-state index in [2.05, 4.69) is 10.1 Å². The first kappa shape index (κ1) is 13.7. The molecule has 6 nitrogen and oxygen atoms in total. The number of rotatable bonds is 3.